The summed E-state index contributed by atoms with van der Waals surface area (Å²) >= 11 is 0. The Hall–Kier alpha value is -3.81. The van der Waals surface area contributed by atoms with Crippen LogP contribution in [-0.2, 0) is 0 Å². The number of amides is 1. The number of carbonyl (C=O) groups excluding carboxylic acids is 1. The van der Waals surface area contributed by atoms with E-state index in [-0.39, 0.29) is 5.56 Å². The molecule has 8 heteroatoms. The number of aromatic nitrogens is 4. The van der Waals surface area contributed by atoms with Crippen LogP contribution in [0, 0.1) is 0 Å². The molecule has 2 aromatic heterocycles. The monoisotopic (exact) mass is 373 g/mol. The normalized spacial score (nSPS) is 13.6. The first-order chi connectivity index (χ1) is 13.7. The molecule has 4 aromatic rings. The third kappa shape index (κ3) is 2.94. The predicted octanol–water partition coefficient (Wildman–Crippen LogP) is 3.03. The van der Waals surface area contributed by atoms with Crippen LogP contribution in [0.3, 0.4) is 0 Å². The molecular formula is C20H15N5O3. The number of benzene rings is 2. The molecule has 1 N–H and O–H groups in total. The number of hydrogen-bond donors (Lipinski definition) is 1. The highest BCUT2D eigenvalue weighted by Gasteiger charge is 2.28. The van der Waals surface area contributed by atoms with Gasteiger partial charge in [0.15, 0.2) is 5.82 Å². The lowest BCUT2D eigenvalue weighted by atomic mass is 10.1. The second kappa shape index (κ2) is 6.41. The molecule has 0 radical (unpaired) electrons. The van der Waals surface area contributed by atoms with Gasteiger partial charge in [-0.3, -0.25) is 4.79 Å². The summed E-state index contributed by atoms with van der Waals surface area (Å²) in [6.07, 6.45) is 2.12. The highest BCUT2D eigenvalue weighted by molar-refractivity contribution is 6.05. The number of tetrazole rings is 1. The fourth-order valence-corrected chi connectivity index (χ4v) is 3.10. The fraction of sp³-hybridized carbons (Fsp3) is 0.150. The number of nitrogens with one attached hydrogen (secondary N) is 1. The van der Waals surface area contributed by atoms with Gasteiger partial charge in [0.1, 0.15) is 11.1 Å². The first-order valence-electron chi connectivity index (χ1n) is 8.91. The van der Waals surface area contributed by atoms with E-state index in [2.05, 4.69) is 20.8 Å². The maximum Gasteiger partial charge on any atom is 0.349 e. The Balaban J connectivity index is 1.45. The van der Waals surface area contributed by atoms with Crippen LogP contribution < -0.4 is 10.9 Å². The molecule has 2 heterocycles. The van der Waals surface area contributed by atoms with Gasteiger partial charge in [0, 0.05) is 16.6 Å². The van der Waals surface area contributed by atoms with E-state index in [0.29, 0.717) is 28.5 Å². The van der Waals surface area contributed by atoms with Gasteiger partial charge in [-0.15, -0.1) is 5.10 Å². The predicted molar refractivity (Wildman–Crippen MR) is 102 cm³/mol. The molecule has 8 nitrogen and oxygen atoms in total. The second-order valence-electron chi connectivity index (χ2n) is 6.70. The van der Waals surface area contributed by atoms with Gasteiger partial charge in [-0.25, -0.2) is 9.48 Å². The molecule has 138 valence electrons. The van der Waals surface area contributed by atoms with Crippen molar-refractivity contribution < 1.29 is 9.21 Å². The van der Waals surface area contributed by atoms with Crippen molar-refractivity contribution in [3.05, 3.63) is 70.6 Å². The van der Waals surface area contributed by atoms with Crippen LogP contribution in [0.15, 0.2) is 63.8 Å². The van der Waals surface area contributed by atoms with Gasteiger partial charge < -0.3 is 9.73 Å². The SMILES string of the molecule is O=C(Nc1cccc(-c2nnnn2C2CC2)c1)c1cc2ccccc2oc1=O. The maximum absolute atomic E-state index is 12.6. The highest BCUT2D eigenvalue weighted by atomic mass is 16.4. The van der Waals surface area contributed by atoms with Gasteiger partial charge in [0.25, 0.3) is 5.91 Å². The van der Waals surface area contributed by atoms with Gasteiger partial charge in [-0.05, 0) is 47.5 Å². The zero-order valence-corrected chi connectivity index (χ0v) is 14.7. The molecule has 0 aliphatic heterocycles. The zero-order valence-electron chi connectivity index (χ0n) is 14.7. The van der Waals surface area contributed by atoms with Crippen LogP contribution >= 0.6 is 0 Å². The minimum absolute atomic E-state index is 0.0492. The summed E-state index contributed by atoms with van der Waals surface area (Å²) in [5, 5.41) is 15.3. The van der Waals surface area contributed by atoms with Gasteiger partial charge in [0.2, 0.25) is 0 Å². The van der Waals surface area contributed by atoms with Crippen molar-refractivity contribution >= 4 is 22.6 Å². The lowest BCUT2D eigenvalue weighted by molar-refractivity contribution is 0.102. The number of fused-ring (bicyclic) bond motifs is 1. The number of carbonyl (C=O) groups is 1. The summed E-state index contributed by atoms with van der Waals surface area (Å²) in [6, 6.07) is 16.1. The second-order valence-corrected chi connectivity index (χ2v) is 6.70. The van der Waals surface area contributed by atoms with Crippen molar-refractivity contribution in [1.29, 1.82) is 0 Å². The Bertz CT molecular complexity index is 1260. The highest BCUT2D eigenvalue weighted by Crippen LogP contribution is 2.36. The van der Waals surface area contributed by atoms with E-state index in [1.54, 1.807) is 41.1 Å². The third-order valence-corrected chi connectivity index (χ3v) is 4.65. The molecule has 0 atom stereocenters. The van der Waals surface area contributed by atoms with E-state index in [9.17, 15) is 9.59 Å². The largest absolute Gasteiger partial charge is 0.422 e. The van der Waals surface area contributed by atoms with Gasteiger partial charge >= 0.3 is 5.63 Å². The summed E-state index contributed by atoms with van der Waals surface area (Å²) in [7, 11) is 0. The van der Waals surface area contributed by atoms with Gasteiger partial charge in [-0.2, -0.15) is 0 Å². The quantitative estimate of drug-likeness (QED) is 0.552. The van der Waals surface area contributed by atoms with Crippen molar-refractivity contribution in [3.8, 4) is 11.4 Å². The van der Waals surface area contributed by atoms with Crippen LogP contribution in [0.25, 0.3) is 22.4 Å². The van der Waals surface area contributed by atoms with E-state index in [1.165, 1.54) is 6.07 Å². The fourth-order valence-electron chi connectivity index (χ4n) is 3.10. The summed E-state index contributed by atoms with van der Waals surface area (Å²) in [4.78, 5) is 24.8. The standard InChI is InChI=1S/C20H15N5O3/c26-19(16-11-12-4-1-2-7-17(12)28-20(16)27)21-14-6-3-5-13(10-14)18-22-23-24-25(18)15-8-9-15/h1-7,10-11,15H,8-9H2,(H,21,26). The smallest absolute Gasteiger partial charge is 0.349 e. The van der Waals surface area contributed by atoms with Crippen LogP contribution in [0.4, 0.5) is 5.69 Å². The van der Waals surface area contributed by atoms with Crippen LogP contribution in [0.1, 0.15) is 29.2 Å². The van der Waals surface area contributed by atoms with E-state index in [0.717, 1.165) is 18.4 Å². The molecule has 0 saturated heterocycles. The minimum Gasteiger partial charge on any atom is -0.422 e. The Labute approximate surface area is 158 Å². The first-order valence-corrected chi connectivity index (χ1v) is 8.91. The number of hydrogen-bond acceptors (Lipinski definition) is 6. The van der Waals surface area contributed by atoms with Crippen molar-refractivity contribution in [1.82, 2.24) is 20.2 Å². The number of nitrogens with zero attached hydrogens (tertiary/aromatic N) is 4. The van der Waals surface area contributed by atoms with E-state index in [1.807, 2.05) is 12.1 Å². The summed E-state index contributed by atoms with van der Waals surface area (Å²) in [5.41, 5.74) is 1.05. The molecule has 28 heavy (non-hydrogen) atoms. The zero-order chi connectivity index (χ0) is 19.1. The average Bonchev–Trinajstić information content (AvgIpc) is 3.43. The van der Waals surface area contributed by atoms with Crippen LogP contribution in [-0.4, -0.2) is 26.1 Å². The van der Waals surface area contributed by atoms with Crippen molar-refractivity contribution in [3.63, 3.8) is 0 Å². The van der Waals surface area contributed by atoms with Crippen molar-refractivity contribution in [2.24, 2.45) is 0 Å². The molecule has 0 spiro atoms. The molecule has 1 saturated carbocycles. The van der Waals surface area contributed by atoms with E-state index in [4.69, 9.17) is 4.42 Å². The van der Waals surface area contributed by atoms with Crippen molar-refractivity contribution in [2.75, 3.05) is 5.32 Å². The maximum atomic E-state index is 12.6. The van der Waals surface area contributed by atoms with Gasteiger partial charge in [-0.1, -0.05) is 30.3 Å². The Kier molecular flexibility index (Phi) is 3.75. The van der Waals surface area contributed by atoms with Crippen molar-refractivity contribution in [2.45, 2.75) is 18.9 Å². The third-order valence-electron chi connectivity index (χ3n) is 4.65. The van der Waals surface area contributed by atoms with Gasteiger partial charge in [0.05, 0.1) is 6.04 Å². The molecule has 2 aromatic carbocycles. The number of rotatable bonds is 4. The molecule has 1 aliphatic rings. The summed E-state index contributed by atoms with van der Waals surface area (Å²) in [6.45, 7) is 0. The molecule has 1 amide bonds. The van der Waals surface area contributed by atoms with Crippen LogP contribution in [0.5, 0.6) is 0 Å². The average molecular weight is 373 g/mol. The Morgan fingerprint density at radius 3 is 2.82 bits per heavy atom. The number of anilines is 1. The molecule has 0 unspecified atom stereocenters. The minimum atomic E-state index is -0.676. The Morgan fingerprint density at radius 1 is 1.11 bits per heavy atom. The van der Waals surface area contributed by atoms with Crippen LogP contribution in [0.2, 0.25) is 0 Å². The summed E-state index contributed by atoms with van der Waals surface area (Å²) < 4.78 is 7.04. The first kappa shape index (κ1) is 16.4. The topological polar surface area (TPSA) is 103 Å². The van der Waals surface area contributed by atoms with E-state index >= 15 is 0 Å². The van der Waals surface area contributed by atoms with E-state index < -0.39 is 11.5 Å². The molecule has 1 fully saturated rings. The lowest BCUT2D eigenvalue weighted by Gasteiger charge is -2.08. The summed E-state index contributed by atoms with van der Waals surface area (Å²) in [5.74, 6) is 0.127. The number of para-hydroxylation sites is 1. The lowest BCUT2D eigenvalue weighted by Crippen LogP contribution is -2.20. The molecule has 1 aliphatic carbocycles. The molecule has 5 rings (SSSR count). The molecular weight excluding hydrogens is 358 g/mol. The molecule has 0 bridgehead atoms. The Morgan fingerprint density at radius 2 is 1.96 bits per heavy atom.